The fourth-order valence-electron chi connectivity index (χ4n) is 15.3. The maximum atomic E-state index is 11.1. The second kappa shape index (κ2) is 50.9. The third-order valence-electron chi connectivity index (χ3n) is 21.7. The van der Waals surface area contributed by atoms with Gasteiger partial charge >= 0.3 is 17.9 Å². The molecule has 14 aromatic rings. The Balaban J connectivity index is 0.000000180. The summed E-state index contributed by atoms with van der Waals surface area (Å²) >= 11 is 0. The van der Waals surface area contributed by atoms with Gasteiger partial charge in [0.05, 0.1) is 0 Å². The molecule has 123 heavy (non-hydrogen) atoms. The number of carbonyl (C=O) groups excluding carboxylic acids is 3. The molecule has 0 aliphatic rings. The van der Waals surface area contributed by atoms with Crippen molar-refractivity contribution in [3.05, 3.63) is 271 Å². The van der Waals surface area contributed by atoms with Gasteiger partial charge in [-0.1, -0.05) is 118 Å². The first-order valence-corrected chi connectivity index (χ1v) is 43.8. The summed E-state index contributed by atoms with van der Waals surface area (Å²) in [4.78, 5) is 65.7. The predicted octanol–water partition coefficient (Wildman–Crippen LogP) is 20.4. The molecule has 0 fully saturated rings. The number of nitrogens with zero attached hydrogens (tertiary/aromatic N) is 4. The van der Waals surface area contributed by atoms with Crippen molar-refractivity contribution in [1.29, 1.82) is 0 Å². The van der Waals surface area contributed by atoms with Crippen molar-refractivity contribution in [3.63, 3.8) is 0 Å². The van der Waals surface area contributed by atoms with Crippen molar-refractivity contribution in [2.75, 3.05) is 80.0 Å². The molecule has 0 radical (unpaired) electrons. The van der Waals surface area contributed by atoms with Gasteiger partial charge in [-0.2, -0.15) is 0 Å². The second-order valence-electron chi connectivity index (χ2n) is 32.3. The highest BCUT2D eigenvalue weighted by Gasteiger charge is 2.17. The van der Waals surface area contributed by atoms with Crippen molar-refractivity contribution in [2.24, 2.45) is 11.5 Å². The number of unbranched alkanes of at least 4 members (excludes halogenated alkanes) is 1. The van der Waals surface area contributed by atoms with Crippen molar-refractivity contribution < 1.29 is 28.6 Å². The number of nitrogens with one attached hydrogen (secondary N) is 8. The zero-order valence-electron chi connectivity index (χ0n) is 75.6. The highest BCUT2D eigenvalue weighted by molar-refractivity contribution is 5.89. The molecule has 14 rings (SSSR count). The van der Waals surface area contributed by atoms with Gasteiger partial charge in [-0.05, 0) is 257 Å². The lowest BCUT2D eigenvalue weighted by atomic mass is 10.0. The molecule has 0 aliphatic carbocycles. The number of likely N-dealkylation sites (N-methyl/N-ethyl adjacent to an activating group) is 3. The van der Waals surface area contributed by atoms with E-state index in [1.807, 2.05) is 112 Å². The number of hydrogen-bond donors (Lipinski definition) is 10. The van der Waals surface area contributed by atoms with Crippen molar-refractivity contribution in [3.8, 4) is 17.2 Å². The number of rotatable bonds is 35. The Morgan fingerprint density at radius 3 is 1.15 bits per heavy atom. The summed E-state index contributed by atoms with van der Waals surface area (Å²) in [6, 6.07) is 52.2. The summed E-state index contributed by atoms with van der Waals surface area (Å²) in [6.07, 6.45) is 30.0. The summed E-state index contributed by atoms with van der Waals surface area (Å²) < 4.78 is 15.5. The van der Waals surface area contributed by atoms with Crippen LogP contribution in [0.4, 0.5) is 0 Å². The van der Waals surface area contributed by atoms with Crippen LogP contribution in [0.2, 0.25) is 0 Å². The molecule has 0 saturated heterocycles. The monoisotopic (exact) mass is 1670 g/mol. The molecule has 7 aromatic heterocycles. The molecule has 7 aromatic carbocycles. The quantitative estimate of drug-likeness (QED) is 0.0101. The van der Waals surface area contributed by atoms with E-state index in [2.05, 4.69) is 239 Å². The van der Waals surface area contributed by atoms with Crippen LogP contribution < -0.4 is 31.0 Å². The largest absolute Gasteiger partial charge is 0.427 e. The summed E-state index contributed by atoms with van der Waals surface area (Å²) in [6.45, 7) is 41.9. The predicted molar refractivity (Wildman–Crippen MR) is 517 cm³/mol. The molecule has 0 spiro atoms. The van der Waals surface area contributed by atoms with Crippen molar-refractivity contribution >= 4 is 94.2 Å². The van der Waals surface area contributed by atoms with Crippen LogP contribution in [0.3, 0.4) is 0 Å². The first-order valence-electron chi connectivity index (χ1n) is 43.8. The number of carbonyl (C=O) groups is 3. The lowest BCUT2D eigenvalue weighted by Gasteiger charge is -2.24. The van der Waals surface area contributed by atoms with Crippen LogP contribution in [0.5, 0.6) is 17.2 Å². The molecule has 0 aliphatic heterocycles. The van der Waals surface area contributed by atoms with Gasteiger partial charge in [0.1, 0.15) is 17.2 Å². The van der Waals surface area contributed by atoms with Crippen LogP contribution >= 0.6 is 0 Å². The lowest BCUT2D eigenvalue weighted by Crippen LogP contribution is -2.31. The van der Waals surface area contributed by atoms with Crippen LogP contribution in [0.15, 0.2) is 227 Å². The molecule has 0 bridgehead atoms. The molecule has 20 heteroatoms. The van der Waals surface area contributed by atoms with Crippen LogP contribution in [0.25, 0.3) is 76.3 Å². The van der Waals surface area contributed by atoms with Crippen LogP contribution in [-0.2, 0) is 59.3 Å². The van der Waals surface area contributed by atoms with Crippen molar-refractivity contribution in [2.45, 2.75) is 171 Å². The fourth-order valence-corrected chi connectivity index (χ4v) is 15.3. The standard InChI is InChI=1S/C18H26N2O2.C18H22N2O2.C16H20N2O2.C16H24N2.2C12H16N2.C11H14N2/c2*1-4-9-20(10-5-2)11-8-15-13-19-18-7-6-16(12-17(15)18)22-14(3)21;1-4-8-18(3)9-7-13-11-17-16-6-5-14(10-15(13)16)20-12(2)19;1-4-5-10-18(3)13(2)11-14-12-17-16-9-7-6-8-15(14)16;1-9(13-2)7-10-8-14-12-6-4-3-5-11(10)12;1-8(13)7-11-9(2)14-12-6-4-3-5-10(11)12;1-8(12)6-9-7-13-11-5-3-2-4-10(9)11/h6-7,12-13,19H,4-5,8-11H2,1-3H3;4-7,12-13,19H,1-2,8-11H2,3H3;4-6,10-11,17H,1,7-9H2,2-3H3;6-9,12-13,17H,4-5,10-11H2,1-3H3;3-6,8-9,13-14H,7H2,1-2H3;3-6,8,14H,7,13H2,1-2H3;2-5,7-8,13H,6,12H2,1H3. The number of aryl methyl sites for hydroxylation is 1. The molecule has 0 saturated carbocycles. The van der Waals surface area contributed by atoms with Crippen molar-refractivity contribution in [1.82, 2.24) is 59.8 Å². The third kappa shape index (κ3) is 30.9. The summed E-state index contributed by atoms with van der Waals surface area (Å²) in [5, 5.41) is 11.9. The highest BCUT2D eigenvalue weighted by atomic mass is 16.5. The van der Waals surface area contributed by atoms with Gasteiger partial charge < -0.3 is 80.6 Å². The van der Waals surface area contributed by atoms with Gasteiger partial charge in [-0.3, -0.25) is 19.3 Å². The summed E-state index contributed by atoms with van der Waals surface area (Å²) in [5.74, 6) is 0.889. The van der Waals surface area contributed by atoms with Gasteiger partial charge in [-0.15, -0.1) is 19.7 Å². The number of para-hydroxylation sites is 4. The maximum Gasteiger partial charge on any atom is 0.308 e. The number of aromatic nitrogens is 7. The number of aromatic amines is 7. The van der Waals surface area contributed by atoms with Gasteiger partial charge in [0.25, 0.3) is 0 Å². The molecule has 4 unspecified atom stereocenters. The number of esters is 3. The average molecular weight is 1670 g/mol. The van der Waals surface area contributed by atoms with E-state index >= 15 is 0 Å². The van der Waals surface area contributed by atoms with E-state index in [9.17, 15) is 14.4 Å². The maximum absolute atomic E-state index is 11.1. The third-order valence-corrected chi connectivity index (χ3v) is 21.7. The summed E-state index contributed by atoms with van der Waals surface area (Å²) in [5.41, 5.74) is 30.1. The fraction of sp³-hybridized carbons (Fsp3) is 0.369. The Morgan fingerprint density at radius 1 is 0.415 bits per heavy atom. The highest BCUT2D eigenvalue weighted by Crippen LogP contribution is 2.30. The van der Waals surface area contributed by atoms with Crippen LogP contribution in [0, 0.1) is 6.92 Å². The molecular weight excluding hydrogens is 1530 g/mol. The molecule has 12 N–H and O–H groups in total. The smallest absolute Gasteiger partial charge is 0.308 e. The number of benzene rings is 7. The van der Waals surface area contributed by atoms with Gasteiger partial charge in [-0.25, -0.2) is 0 Å². The van der Waals surface area contributed by atoms with E-state index in [1.54, 1.807) is 12.1 Å². The van der Waals surface area contributed by atoms with Gasteiger partial charge in [0.15, 0.2) is 0 Å². The van der Waals surface area contributed by atoms with Gasteiger partial charge in [0, 0.05) is 203 Å². The lowest BCUT2D eigenvalue weighted by molar-refractivity contribution is -0.132. The Labute approximate surface area is 729 Å². The topological polar surface area (TPSA) is 266 Å². The Bertz CT molecular complexity index is 5540. The average Bonchev–Trinajstić information content (AvgIpc) is 1.68. The number of ether oxygens (including phenoxy) is 3. The van der Waals surface area contributed by atoms with E-state index < -0.39 is 0 Å². The molecule has 0 amide bonds. The molecule has 4 atom stereocenters. The second-order valence-corrected chi connectivity index (χ2v) is 32.3. The van der Waals surface area contributed by atoms with Gasteiger partial charge in [0.2, 0.25) is 0 Å². The van der Waals surface area contributed by atoms with Crippen LogP contribution in [-0.4, -0.2) is 177 Å². The van der Waals surface area contributed by atoms with E-state index in [1.165, 1.54) is 141 Å². The number of nitrogens with two attached hydrogens (primary N) is 2. The van der Waals surface area contributed by atoms with Crippen LogP contribution in [0.1, 0.15) is 140 Å². The van der Waals surface area contributed by atoms with E-state index in [0.717, 1.165) is 130 Å². The number of hydrogen-bond acceptors (Lipinski definition) is 13. The number of H-pyrrole nitrogens is 7. The zero-order chi connectivity index (χ0) is 88.7. The first kappa shape index (κ1) is 97.1. The molecular formula is C103H138N14O6. The molecule has 656 valence electrons. The van der Waals surface area contributed by atoms with E-state index in [4.69, 9.17) is 25.7 Å². The molecule has 20 nitrogen and oxygen atoms in total. The van der Waals surface area contributed by atoms with E-state index in [0.29, 0.717) is 29.3 Å². The minimum absolute atomic E-state index is 0.216. The first-order chi connectivity index (χ1) is 59.3. The zero-order valence-corrected chi connectivity index (χ0v) is 75.6. The SMILES string of the molecule is C=CCN(C)CCc1c[nH]c2ccc(OC(C)=O)cc12.C=CCN(CC=C)CCc1c[nH]c2ccc(OC(C)=O)cc12.CC(N)Cc1c[nH]c2ccccc12.CCCCN(C)C(C)Cc1c[nH]c2ccccc12.CCCN(CCC)CCc1c[nH]c2ccc(OC(C)=O)cc12.CNC(C)Cc1c[nH]c2ccccc12.Cc1[nH]c2ccccc2c1CC(C)N. The normalized spacial score (nSPS) is 12.1. The Kier molecular flexibility index (Phi) is 40.2. The Hall–Kier alpha value is -11.3. The minimum Gasteiger partial charge on any atom is -0.427 e. The minimum atomic E-state index is -0.306. The molecule has 7 heterocycles. The Morgan fingerprint density at radius 2 is 0.772 bits per heavy atom. The summed E-state index contributed by atoms with van der Waals surface area (Å²) in [7, 11) is 6.30. The number of fused-ring (bicyclic) bond motifs is 7. The van der Waals surface area contributed by atoms with E-state index in [-0.39, 0.29) is 30.0 Å².